The molecule has 0 radical (unpaired) electrons. The van der Waals surface area contributed by atoms with Gasteiger partial charge in [0, 0.05) is 13.1 Å². The van der Waals surface area contributed by atoms with Crippen molar-refractivity contribution in [2.45, 2.75) is 32.6 Å². The van der Waals surface area contributed by atoms with Crippen LogP contribution in [-0.2, 0) is 9.59 Å². The Morgan fingerprint density at radius 2 is 1.94 bits per heavy atom. The molecule has 0 heterocycles. The Morgan fingerprint density at radius 3 is 2.31 bits per heavy atom. The highest BCUT2D eigenvalue weighted by Crippen LogP contribution is 2.38. The number of carboxylic acid groups (broad SMARTS) is 1. The highest BCUT2D eigenvalue weighted by molar-refractivity contribution is 5.86. The third-order valence-corrected chi connectivity index (χ3v) is 3.40. The molecule has 0 aliphatic heterocycles. The number of hydrogen-bond acceptors (Lipinski definition) is 3. The monoisotopic (exact) mass is 228 g/mol. The van der Waals surface area contributed by atoms with Crippen LogP contribution >= 0.6 is 0 Å². The third kappa shape index (κ3) is 2.52. The van der Waals surface area contributed by atoms with E-state index in [-0.39, 0.29) is 12.5 Å². The lowest BCUT2D eigenvalue weighted by atomic mass is 9.84. The number of hydrogen-bond donors (Lipinski definition) is 2. The summed E-state index contributed by atoms with van der Waals surface area (Å²) in [5, 5.41) is 8.74. The topological polar surface area (TPSA) is 83.6 Å². The van der Waals surface area contributed by atoms with E-state index >= 15 is 0 Å². The molecule has 0 aromatic rings. The van der Waals surface area contributed by atoms with E-state index in [9.17, 15) is 9.59 Å². The Bertz CT molecular complexity index is 272. The van der Waals surface area contributed by atoms with Crippen LogP contribution in [-0.4, -0.2) is 41.5 Å². The van der Waals surface area contributed by atoms with Gasteiger partial charge in [0.05, 0.1) is 5.41 Å². The third-order valence-electron chi connectivity index (χ3n) is 3.40. The molecule has 1 amide bonds. The van der Waals surface area contributed by atoms with Crippen molar-refractivity contribution in [2.75, 3.05) is 19.6 Å². The fraction of sp³-hybridized carbons (Fsp3) is 0.818. The number of nitrogens with zero attached hydrogens (tertiary/aromatic N) is 1. The van der Waals surface area contributed by atoms with Crippen LogP contribution in [0, 0.1) is 5.41 Å². The van der Waals surface area contributed by atoms with Gasteiger partial charge in [-0.05, 0) is 19.8 Å². The molecule has 3 N–H and O–H groups in total. The van der Waals surface area contributed by atoms with Gasteiger partial charge in [0.1, 0.15) is 6.54 Å². The predicted octanol–water partition coefficient (Wildman–Crippen LogP) is 0.439. The van der Waals surface area contributed by atoms with E-state index in [1.54, 1.807) is 6.92 Å². The SMILES string of the molecule is CCN(CC(=O)O)C(=O)C1(CN)CCCC1. The van der Waals surface area contributed by atoms with Crippen molar-refractivity contribution in [1.29, 1.82) is 0 Å². The summed E-state index contributed by atoms with van der Waals surface area (Å²) in [5.41, 5.74) is 5.20. The lowest BCUT2D eigenvalue weighted by Crippen LogP contribution is -2.48. The zero-order chi connectivity index (χ0) is 12.2. The van der Waals surface area contributed by atoms with Gasteiger partial charge in [0.15, 0.2) is 0 Å². The van der Waals surface area contributed by atoms with E-state index in [4.69, 9.17) is 10.8 Å². The Hall–Kier alpha value is -1.10. The first-order chi connectivity index (χ1) is 7.55. The van der Waals surface area contributed by atoms with E-state index in [1.807, 2.05) is 0 Å². The van der Waals surface area contributed by atoms with Gasteiger partial charge < -0.3 is 15.7 Å². The predicted molar refractivity (Wildman–Crippen MR) is 59.8 cm³/mol. The van der Waals surface area contributed by atoms with Crippen molar-refractivity contribution in [3.63, 3.8) is 0 Å². The smallest absolute Gasteiger partial charge is 0.323 e. The summed E-state index contributed by atoms with van der Waals surface area (Å²) in [6.07, 6.45) is 3.60. The van der Waals surface area contributed by atoms with Crippen LogP contribution in [0.15, 0.2) is 0 Å². The minimum atomic E-state index is -0.972. The number of likely N-dealkylation sites (N-methyl/N-ethyl adjacent to an activating group) is 1. The average Bonchev–Trinajstić information content (AvgIpc) is 2.74. The molecular formula is C11H20N2O3. The van der Waals surface area contributed by atoms with Crippen molar-refractivity contribution >= 4 is 11.9 Å². The minimum absolute atomic E-state index is 0.0857. The van der Waals surface area contributed by atoms with Crippen molar-refractivity contribution < 1.29 is 14.7 Å². The van der Waals surface area contributed by atoms with Crippen molar-refractivity contribution in [3.05, 3.63) is 0 Å². The van der Waals surface area contributed by atoms with E-state index in [0.717, 1.165) is 25.7 Å². The molecule has 1 rings (SSSR count). The number of carboxylic acids is 1. The molecule has 0 atom stereocenters. The molecular weight excluding hydrogens is 208 g/mol. The van der Waals surface area contributed by atoms with Crippen LogP contribution in [0.5, 0.6) is 0 Å². The summed E-state index contributed by atoms with van der Waals surface area (Å²) >= 11 is 0. The van der Waals surface area contributed by atoms with Crippen LogP contribution < -0.4 is 5.73 Å². The Morgan fingerprint density at radius 1 is 1.38 bits per heavy atom. The van der Waals surface area contributed by atoms with Gasteiger partial charge in [0.2, 0.25) is 5.91 Å². The van der Waals surface area contributed by atoms with Crippen LogP contribution in [0.4, 0.5) is 0 Å². The highest BCUT2D eigenvalue weighted by Gasteiger charge is 2.42. The van der Waals surface area contributed by atoms with Crippen LogP contribution in [0.3, 0.4) is 0 Å². The zero-order valence-corrected chi connectivity index (χ0v) is 9.74. The van der Waals surface area contributed by atoms with Gasteiger partial charge in [0.25, 0.3) is 0 Å². The number of nitrogens with two attached hydrogens (primary N) is 1. The number of carbonyl (C=O) groups is 2. The summed E-state index contributed by atoms with van der Waals surface area (Å²) in [6, 6.07) is 0. The average molecular weight is 228 g/mol. The largest absolute Gasteiger partial charge is 0.480 e. The molecule has 1 saturated carbocycles. The second kappa shape index (κ2) is 5.30. The van der Waals surface area contributed by atoms with Gasteiger partial charge >= 0.3 is 5.97 Å². The maximum Gasteiger partial charge on any atom is 0.323 e. The van der Waals surface area contributed by atoms with Crippen LogP contribution in [0.1, 0.15) is 32.6 Å². The highest BCUT2D eigenvalue weighted by atomic mass is 16.4. The summed E-state index contributed by atoms with van der Waals surface area (Å²) < 4.78 is 0. The van der Waals surface area contributed by atoms with Crippen LogP contribution in [0.25, 0.3) is 0 Å². The Balaban J connectivity index is 2.76. The maximum atomic E-state index is 12.2. The summed E-state index contributed by atoms with van der Waals surface area (Å²) in [6.45, 7) is 2.31. The summed E-state index contributed by atoms with van der Waals surface area (Å²) in [5.74, 6) is -1.06. The molecule has 0 aromatic carbocycles. The van der Waals surface area contributed by atoms with E-state index < -0.39 is 11.4 Å². The summed E-state index contributed by atoms with van der Waals surface area (Å²) in [4.78, 5) is 24.3. The van der Waals surface area contributed by atoms with Gasteiger partial charge in [-0.3, -0.25) is 9.59 Å². The first-order valence-electron chi connectivity index (χ1n) is 5.77. The van der Waals surface area contributed by atoms with Crippen LogP contribution in [0.2, 0.25) is 0 Å². The van der Waals surface area contributed by atoms with E-state index in [2.05, 4.69) is 0 Å². The molecule has 1 aliphatic rings. The first kappa shape index (κ1) is 13.0. The molecule has 0 saturated heterocycles. The Labute approximate surface area is 95.6 Å². The molecule has 1 aliphatic carbocycles. The molecule has 0 aromatic heterocycles. The normalized spacial score (nSPS) is 18.4. The molecule has 16 heavy (non-hydrogen) atoms. The molecule has 0 unspecified atom stereocenters. The van der Waals surface area contributed by atoms with Crippen molar-refractivity contribution in [1.82, 2.24) is 4.90 Å². The van der Waals surface area contributed by atoms with E-state index in [0.29, 0.717) is 13.1 Å². The lowest BCUT2D eigenvalue weighted by Gasteiger charge is -2.32. The molecule has 0 spiro atoms. The number of carbonyl (C=O) groups excluding carboxylic acids is 1. The van der Waals surface area contributed by atoms with Gasteiger partial charge in [-0.2, -0.15) is 0 Å². The second-order valence-corrected chi connectivity index (χ2v) is 4.40. The van der Waals surface area contributed by atoms with Crippen molar-refractivity contribution in [3.8, 4) is 0 Å². The number of aliphatic carboxylic acids is 1. The fourth-order valence-electron chi connectivity index (χ4n) is 2.38. The maximum absolute atomic E-state index is 12.2. The lowest BCUT2D eigenvalue weighted by molar-refractivity contribution is -0.149. The molecule has 5 heteroatoms. The molecule has 92 valence electrons. The number of rotatable bonds is 5. The summed E-state index contributed by atoms with van der Waals surface area (Å²) in [7, 11) is 0. The molecule has 5 nitrogen and oxygen atoms in total. The van der Waals surface area contributed by atoms with Gasteiger partial charge in [-0.25, -0.2) is 0 Å². The second-order valence-electron chi connectivity index (χ2n) is 4.40. The molecule has 0 bridgehead atoms. The first-order valence-corrected chi connectivity index (χ1v) is 5.77. The Kier molecular flexibility index (Phi) is 4.29. The standard InChI is InChI=1S/C11H20N2O3/c1-2-13(7-9(14)15)10(16)11(8-12)5-3-4-6-11/h2-8,12H2,1H3,(H,14,15). The fourth-order valence-corrected chi connectivity index (χ4v) is 2.38. The number of amides is 1. The zero-order valence-electron chi connectivity index (χ0n) is 9.74. The molecule has 1 fully saturated rings. The van der Waals surface area contributed by atoms with Crippen molar-refractivity contribution in [2.24, 2.45) is 11.1 Å². The van der Waals surface area contributed by atoms with Gasteiger partial charge in [-0.15, -0.1) is 0 Å². The van der Waals surface area contributed by atoms with E-state index in [1.165, 1.54) is 4.90 Å². The minimum Gasteiger partial charge on any atom is -0.480 e. The quantitative estimate of drug-likeness (QED) is 0.715. The van der Waals surface area contributed by atoms with Gasteiger partial charge in [-0.1, -0.05) is 12.8 Å².